The van der Waals surface area contributed by atoms with Crippen LogP contribution in [0.2, 0.25) is 0 Å². The maximum Gasteiger partial charge on any atom is 0.0400 e. The molecule has 150 valence electrons. The Balaban J connectivity index is 1.83. The number of anilines is 1. The second kappa shape index (κ2) is 9.45. The van der Waals surface area contributed by atoms with E-state index in [9.17, 15) is 0 Å². The zero-order valence-corrected chi connectivity index (χ0v) is 17.9. The van der Waals surface area contributed by atoms with Crippen molar-refractivity contribution in [1.29, 1.82) is 0 Å². The minimum atomic E-state index is 0.944. The van der Waals surface area contributed by atoms with Gasteiger partial charge in [0.15, 0.2) is 0 Å². The molecule has 0 saturated carbocycles. The van der Waals surface area contributed by atoms with E-state index in [1.54, 1.807) is 0 Å². The van der Waals surface area contributed by atoms with Crippen LogP contribution in [-0.2, 0) is 19.3 Å². The molecule has 0 spiro atoms. The minimum absolute atomic E-state index is 0.944. The molecule has 4 aromatic rings. The van der Waals surface area contributed by atoms with Gasteiger partial charge < -0.3 is 4.90 Å². The van der Waals surface area contributed by atoms with E-state index in [0.717, 1.165) is 19.3 Å². The lowest BCUT2D eigenvalue weighted by atomic mass is 9.87. The second-order valence-corrected chi connectivity index (χ2v) is 8.08. The van der Waals surface area contributed by atoms with Crippen LogP contribution < -0.4 is 4.90 Å². The summed E-state index contributed by atoms with van der Waals surface area (Å²) in [5, 5.41) is 0. The Kier molecular flexibility index (Phi) is 6.29. The van der Waals surface area contributed by atoms with Crippen LogP contribution in [0.5, 0.6) is 0 Å². The molecule has 0 radical (unpaired) electrons. The fraction of sp³-hybridized carbons (Fsp3) is 0.172. The largest absolute Gasteiger partial charge is 0.377 e. The Morgan fingerprint density at radius 3 is 1.37 bits per heavy atom. The fourth-order valence-corrected chi connectivity index (χ4v) is 4.15. The summed E-state index contributed by atoms with van der Waals surface area (Å²) < 4.78 is 0. The van der Waals surface area contributed by atoms with Gasteiger partial charge in [-0.2, -0.15) is 0 Å². The Morgan fingerprint density at radius 1 is 0.467 bits per heavy atom. The van der Waals surface area contributed by atoms with Crippen LogP contribution in [0, 0.1) is 0 Å². The fourth-order valence-electron chi connectivity index (χ4n) is 4.15. The van der Waals surface area contributed by atoms with Crippen molar-refractivity contribution in [2.75, 3.05) is 19.0 Å². The molecule has 1 heteroatoms. The quantitative estimate of drug-likeness (QED) is 0.346. The summed E-state index contributed by atoms with van der Waals surface area (Å²) in [7, 11) is 4.29. The zero-order valence-electron chi connectivity index (χ0n) is 17.9. The Labute approximate surface area is 180 Å². The van der Waals surface area contributed by atoms with E-state index in [0.29, 0.717) is 0 Å². The SMILES string of the molecule is CN(C)c1ccc(Cc2ccccc2)c(Cc2ccccc2)c1Cc1ccccc1. The van der Waals surface area contributed by atoms with Crippen LogP contribution in [-0.4, -0.2) is 14.1 Å². The maximum absolute atomic E-state index is 2.33. The highest BCUT2D eigenvalue weighted by atomic mass is 15.1. The van der Waals surface area contributed by atoms with E-state index < -0.39 is 0 Å². The van der Waals surface area contributed by atoms with Crippen LogP contribution in [0.3, 0.4) is 0 Å². The van der Waals surface area contributed by atoms with Crippen molar-refractivity contribution in [2.45, 2.75) is 19.3 Å². The summed E-state index contributed by atoms with van der Waals surface area (Å²) in [6.45, 7) is 0. The highest BCUT2D eigenvalue weighted by molar-refractivity contribution is 5.61. The highest BCUT2D eigenvalue weighted by Gasteiger charge is 2.16. The van der Waals surface area contributed by atoms with Crippen LogP contribution in [0.15, 0.2) is 103 Å². The van der Waals surface area contributed by atoms with Gasteiger partial charge in [0.05, 0.1) is 0 Å². The predicted molar refractivity (Wildman–Crippen MR) is 129 cm³/mol. The van der Waals surface area contributed by atoms with Gasteiger partial charge in [-0.25, -0.2) is 0 Å². The van der Waals surface area contributed by atoms with E-state index in [1.807, 2.05) is 0 Å². The molecule has 4 aromatic carbocycles. The summed E-state index contributed by atoms with van der Waals surface area (Å²) >= 11 is 0. The van der Waals surface area contributed by atoms with Gasteiger partial charge in [-0.3, -0.25) is 0 Å². The van der Waals surface area contributed by atoms with Gasteiger partial charge >= 0.3 is 0 Å². The van der Waals surface area contributed by atoms with Gasteiger partial charge in [0.25, 0.3) is 0 Å². The van der Waals surface area contributed by atoms with Gasteiger partial charge in [-0.15, -0.1) is 0 Å². The van der Waals surface area contributed by atoms with Crippen LogP contribution in [0.25, 0.3) is 0 Å². The molecule has 0 N–H and O–H groups in total. The lowest BCUT2D eigenvalue weighted by Gasteiger charge is -2.24. The van der Waals surface area contributed by atoms with E-state index in [1.165, 1.54) is 39.1 Å². The van der Waals surface area contributed by atoms with Crippen molar-refractivity contribution in [3.05, 3.63) is 137 Å². The van der Waals surface area contributed by atoms with Crippen molar-refractivity contribution >= 4 is 5.69 Å². The van der Waals surface area contributed by atoms with E-state index in [4.69, 9.17) is 0 Å². The standard InChI is InChI=1S/C29H29N/c1-30(2)29-19-18-26(20-23-12-6-3-7-13-23)27(21-24-14-8-4-9-15-24)28(29)22-25-16-10-5-11-17-25/h3-19H,20-22H2,1-2H3. The van der Waals surface area contributed by atoms with Crippen molar-refractivity contribution in [3.63, 3.8) is 0 Å². The molecule has 0 aliphatic carbocycles. The molecule has 0 heterocycles. The molecule has 0 bridgehead atoms. The summed E-state index contributed by atoms with van der Waals surface area (Å²) in [5.74, 6) is 0. The van der Waals surface area contributed by atoms with Crippen LogP contribution >= 0.6 is 0 Å². The van der Waals surface area contributed by atoms with Crippen molar-refractivity contribution in [3.8, 4) is 0 Å². The van der Waals surface area contributed by atoms with Crippen molar-refractivity contribution < 1.29 is 0 Å². The number of rotatable bonds is 7. The number of benzene rings is 4. The molecule has 0 atom stereocenters. The molecule has 0 aliphatic rings. The zero-order chi connectivity index (χ0) is 20.8. The first-order valence-corrected chi connectivity index (χ1v) is 10.6. The normalized spacial score (nSPS) is 10.7. The van der Waals surface area contributed by atoms with E-state index in [-0.39, 0.29) is 0 Å². The minimum Gasteiger partial charge on any atom is -0.377 e. The average molecular weight is 392 g/mol. The lowest BCUT2D eigenvalue weighted by Crippen LogP contribution is -2.15. The molecule has 0 unspecified atom stereocenters. The number of hydrogen-bond acceptors (Lipinski definition) is 1. The summed E-state index contributed by atoms with van der Waals surface area (Å²) in [5.41, 5.74) is 9.69. The molecule has 0 saturated heterocycles. The molecule has 0 fully saturated rings. The Bertz CT molecular complexity index is 1070. The van der Waals surface area contributed by atoms with Gasteiger partial charge in [0.2, 0.25) is 0 Å². The second-order valence-electron chi connectivity index (χ2n) is 8.08. The predicted octanol–water partition coefficient (Wildman–Crippen LogP) is 6.53. The average Bonchev–Trinajstić information content (AvgIpc) is 2.78. The molecular weight excluding hydrogens is 362 g/mol. The summed E-state index contributed by atoms with van der Waals surface area (Å²) in [4.78, 5) is 2.25. The van der Waals surface area contributed by atoms with Crippen LogP contribution in [0.1, 0.15) is 33.4 Å². The van der Waals surface area contributed by atoms with Crippen molar-refractivity contribution in [1.82, 2.24) is 0 Å². The van der Waals surface area contributed by atoms with Crippen molar-refractivity contribution in [2.24, 2.45) is 0 Å². The van der Waals surface area contributed by atoms with Gasteiger partial charge in [0, 0.05) is 19.8 Å². The molecule has 1 nitrogen and oxygen atoms in total. The highest BCUT2D eigenvalue weighted by Crippen LogP contribution is 2.31. The third kappa shape index (κ3) is 4.80. The monoisotopic (exact) mass is 391 g/mol. The van der Waals surface area contributed by atoms with Crippen LogP contribution in [0.4, 0.5) is 5.69 Å². The first kappa shape index (κ1) is 20.0. The lowest BCUT2D eigenvalue weighted by molar-refractivity contribution is 1.00. The van der Waals surface area contributed by atoms with E-state index >= 15 is 0 Å². The first-order valence-electron chi connectivity index (χ1n) is 10.6. The summed E-state index contributed by atoms with van der Waals surface area (Å²) in [6.07, 6.45) is 2.85. The molecule has 30 heavy (non-hydrogen) atoms. The Hall–Kier alpha value is -3.32. The van der Waals surface area contributed by atoms with Gasteiger partial charge in [0.1, 0.15) is 0 Å². The molecule has 0 aliphatic heterocycles. The molecular formula is C29H29N. The van der Waals surface area contributed by atoms with Gasteiger partial charge in [-0.1, -0.05) is 97.1 Å². The number of hydrogen-bond donors (Lipinski definition) is 0. The smallest absolute Gasteiger partial charge is 0.0400 e. The number of nitrogens with zero attached hydrogens (tertiary/aromatic N) is 1. The molecule has 4 rings (SSSR count). The molecule has 0 amide bonds. The summed E-state index contributed by atoms with van der Waals surface area (Å²) in [6, 6.07) is 37.1. The third-order valence-electron chi connectivity index (χ3n) is 5.67. The van der Waals surface area contributed by atoms with E-state index in [2.05, 4.69) is 122 Å². The van der Waals surface area contributed by atoms with Gasteiger partial charge in [-0.05, 0) is 58.7 Å². The first-order chi connectivity index (χ1) is 14.7. The third-order valence-corrected chi connectivity index (χ3v) is 5.67. The molecule has 0 aromatic heterocycles. The topological polar surface area (TPSA) is 3.24 Å². The maximum atomic E-state index is 2.33. The Morgan fingerprint density at radius 2 is 0.900 bits per heavy atom.